The van der Waals surface area contributed by atoms with Crippen molar-refractivity contribution in [3.63, 3.8) is 0 Å². The van der Waals surface area contributed by atoms with Crippen LogP contribution in [0.4, 0.5) is 0 Å². The third-order valence-electron chi connectivity index (χ3n) is 4.66. The van der Waals surface area contributed by atoms with Gasteiger partial charge in [-0.15, -0.1) is 0 Å². The largest absolute Gasteiger partial charge is 0.497 e. The molecule has 0 bridgehead atoms. The number of benzene rings is 2. The number of halogens is 1. The van der Waals surface area contributed by atoms with E-state index in [1.807, 2.05) is 24.3 Å². The van der Waals surface area contributed by atoms with Crippen molar-refractivity contribution in [1.29, 1.82) is 0 Å². The molecule has 0 saturated carbocycles. The molecule has 0 aromatic heterocycles. The molecule has 27 heavy (non-hydrogen) atoms. The molecule has 8 heteroatoms. The Hall–Kier alpha value is -1.80. The van der Waals surface area contributed by atoms with Crippen molar-refractivity contribution >= 4 is 21.6 Å². The van der Waals surface area contributed by atoms with Crippen molar-refractivity contribution < 1.29 is 22.8 Å². The summed E-state index contributed by atoms with van der Waals surface area (Å²) in [5.74, 6) is 1.60. The van der Waals surface area contributed by atoms with E-state index in [1.165, 1.54) is 4.90 Å². The van der Waals surface area contributed by atoms with Gasteiger partial charge in [0.1, 0.15) is 24.7 Å². The number of piperazine rings is 1. The maximum Gasteiger partial charge on any atom is 0.243 e. The van der Waals surface area contributed by atoms with Crippen LogP contribution in [0.5, 0.6) is 11.5 Å². The highest BCUT2D eigenvalue weighted by Gasteiger charge is 2.30. The van der Waals surface area contributed by atoms with E-state index in [2.05, 4.69) is 0 Å². The van der Waals surface area contributed by atoms with E-state index < -0.39 is 10.0 Å². The molecule has 2 aromatic carbocycles. The fourth-order valence-corrected chi connectivity index (χ4v) is 4.60. The maximum absolute atomic E-state index is 12.7. The highest BCUT2D eigenvalue weighted by atomic mass is 35.5. The zero-order valence-corrected chi connectivity index (χ0v) is 16.8. The van der Waals surface area contributed by atoms with Crippen molar-refractivity contribution in [2.75, 3.05) is 46.4 Å². The lowest BCUT2D eigenvalue weighted by atomic mass is 10.3. The monoisotopic (exact) mass is 411 g/mol. The number of methoxy groups -OCH3 is 1. The smallest absolute Gasteiger partial charge is 0.243 e. The van der Waals surface area contributed by atoms with Crippen LogP contribution in [0.2, 0.25) is 5.02 Å². The van der Waals surface area contributed by atoms with Gasteiger partial charge in [0, 0.05) is 5.02 Å². The van der Waals surface area contributed by atoms with Crippen LogP contribution in [-0.2, 0) is 10.0 Å². The lowest BCUT2D eigenvalue weighted by Crippen LogP contribution is -3.15. The second-order valence-corrected chi connectivity index (χ2v) is 8.76. The molecule has 1 aliphatic heterocycles. The van der Waals surface area contributed by atoms with Gasteiger partial charge >= 0.3 is 0 Å². The van der Waals surface area contributed by atoms with Crippen LogP contribution in [0.15, 0.2) is 53.4 Å². The van der Waals surface area contributed by atoms with Gasteiger partial charge in [0.25, 0.3) is 0 Å². The molecular formula is C19H24ClN2O4S+. The molecule has 0 amide bonds. The van der Waals surface area contributed by atoms with Crippen molar-refractivity contribution in [3.8, 4) is 11.5 Å². The summed E-state index contributed by atoms with van der Waals surface area (Å²) < 4.78 is 37.8. The van der Waals surface area contributed by atoms with Crippen molar-refractivity contribution in [3.05, 3.63) is 53.6 Å². The Bertz CT molecular complexity index is 833. The highest BCUT2D eigenvalue weighted by molar-refractivity contribution is 7.89. The number of sulfonamides is 1. The Labute approximate surface area is 165 Å². The minimum atomic E-state index is -3.45. The summed E-state index contributed by atoms with van der Waals surface area (Å²) in [7, 11) is -1.82. The van der Waals surface area contributed by atoms with E-state index in [0.717, 1.165) is 31.1 Å². The molecule has 1 fully saturated rings. The normalized spacial score (nSPS) is 16.2. The average molecular weight is 412 g/mol. The molecule has 0 aliphatic carbocycles. The third kappa shape index (κ3) is 5.13. The van der Waals surface area contributed by atoms with E-state index in [1.54, 1.807) is 35.7 Å². The molecule has 1 N–H and O–H groups in total. The van der Waals surface area contributed by atoms with E-state index in [-0.39, 0.29) is 4.90 Å². The Balaban J connectivity index is 1.46. The van der Waals surface area contributed by atoms with Gasteiger partial charge < -0.3 is 14.4 Å². The van der Waals surface area contributed by atoms with Crippen molar-refractivity contribution in [2.45, 2.75) is 4.90 Å². The van der Waals surface area contributed by atoms with Crippen LogP contribution in [0, 0.1) is 0 Å². The van der Waals surface area contributed by atoms with Crippen LogP contribution >= 0.6 is 11.6 Å². The molecule has 1 saturated heterocycles. The van der Waals surface area contributed by atoms with Gasteiger partial charge in [-0.3, -0.25) is 0 Å². The van der Waals surface area contributed by atoms with Crippen molar-refractivity contribution in [1.82, 2.24) is 4.31 Å². The fourth-order valence-electron chi connectivity index (χ4n) is 3.03. The molecule has 1 aliphatic rings. The number of nitrogens with one attached hydrogen (secondary N) is 1. The van der Waals surface area contributed by atoms with Gasteiger partial charge in [0.05, 0.1) is 38.2 Å². The molecule has 146 valence electrons. The Morgan fingerprint density at radius 3 is 2.19 bits per heavy atom. The van der Waals surface area contributed by atoms with Crippen LogP contribution in [-0.4, -0.2) is 59.2 Å². The molecule has 3 rings (SSSR count). The summed E-state index contributed by atoms with van der Waals surface area (Å²) in [6.07, 6.45) is 0. The summed E-state index contributed by atoms with van der Waals surface area (Å²) in [5, 5.41) is 0.528. The number of rotatable bonds is 7. The first-order valence-electron chi connectivity index (χ1n) is 8.85. The zero-order valence-electron chi connectivity index (χ0n) is 15.2. The average Bonchev–Trinajstić information content (AvgIpc) is 2.69. The standard InChI is InChI=1S/C19H23ClN2O4S/c1-25-17-4-6-18(7-5-17)26-15-14-21-10-12-22(13-11-21)27(23,24)19-8-2-16(20)3-9-19/h2-9H,10-15H2,1H3/p+1. The van der Waals surface area contributed by atoms with E-state index in [4.69, 9.17) is 21.1 Å². The summed E-state index contributed by atoms with van der Waals surface area (Å²) in [5.41, 5.74) is 0. The number of hydrogen-bond acceptors (Lipinski definition) is 4. The molecular weight excluding hydrogens is 388 g/mol. The summed E-state index contributed by atoms with van der Waals surface area (Å²) in [6, 6.07) is 13.8. The van der Waals surface area contributed by atoms with Crippen LogP contribution in [0.3, 0.4) is 0 Å². The van der Waals surface area contributed by atoms with Gasteiger partial charge in [0.2, 0.25) is 10.0 Å². The van der Waals surface area contributed by atoms with Crippen LogP contribution < -0.4 is 14.4 Å². The molecule has 2 aromatic rings. The van der Waals surface area contributed by atoms with Gasteiger partial charge in [-0.05, 0) is 48.5 Å². The SMILES string of the molecule is COc1ccc(OCC[NH+]2CCN(S(=O)(=O)c3ccc(Cl)cc3)CC2)cc1. The van der Waals surface area contributed by atoms with E-state index in [0.29, 0.717) is 24.7 Å². The molecule has 0 atom stereocenters. The lowest BCUT2D eigenvalue weighted by Gasteiger charge is -2.31. The number of ether oxygens (including phenoxy) is 2. The summed E-state index contributed by atoms with van der Waals surface area (Å²) in [6.45, 7) is 3.95. The number of nitrogens with zero attached hydrogens (tertiary/aromatic N) is 1. The Morgan fingerprint density at radius 2 is 1.59 bits per heavy atom. The van der Waals surface area contributed by atoms with E-state index in [9.17, 15) is 8.42 Å². The predicted molar refractivity (Wildman–Crippen MR) is 104 cm³/mol. The quantitative estimate of drug-likeness (QED) is 0.746. The second kappa shape index (κ2) is 8.93. The zero-order chi connectivity index (χ0) is 19.3. The Morgan fingerprint density at radius 1 is 1.00 bits per heavy atom. The van der Waals surface area contributed by atoms with Gasteiger partial charge in [-0.25, -0.2) is 8.42 Å². The fraction of sp³-hybridized carbons (Fsp3) is 0.368. The van der Waals surface area contributed by atoms with Crippen LogP contribution in [0.25, 0.3) is 0 Å². The first-order valence-corrected chi connectivity index (χ1v) is 10.7. The van der Waals surface area contributed by atoms with Gasteiger partial charge in [-0.1, -0.05) is 11.6 Å². The molecule has 0 unspecified atom stereocenters. The third-order valence-corrected chi connectivity index (χ3v) is 6.83. The molecule has 0 spiro atoms. The summed E-state index contributed by atoms with van der Waals surface area (Å²) >= 11 is 5.84. The number of hydrogen-bond donors (Lipinski definition) is 1. The molecule has 6 nitrogen and oxygen atoms in total. The molecule has 1 heterocycles. The Kier molecular flexibility index (Phi) is 6.59. The minimum absolute atomic E-state index is 0.290. The van der Waals surface area contributed by atoms with Gasteiger partial charge in [-0.2, -0.15) is 4.31 Å². The summed E-state index contributed by atoms with van der Waals surface area (Å²) in [4.78, 5) is 1.63. The maximum atomic E-state index is 12.7. The van der Waals surface area contributed by atoms with Gasteiger partial charge in [0.15, 0.2) is 0 Å². The topological polar surface area (TPSA) is 60.3 Å². The second-order valence-electron chi connectivity index (χ2n) is 6.38. The minimum Gasteiger partial charge on any atom is -0.497 e. The molecule has 0 radical (unpaired) electrons. The van der Waals surface area contributed by atoms with E-state index >= 15 is 0 Å². The first kappa shape index (κ1) is 19.9. The number of quaternary nitrogens is 1. The first-order chi connectivity index (χ1) is 13.0. The lowest BCUT2D eigenvalue weighted by molar-refractivity contribution is -0.903. The predicted octanol–water partition coefficient (Wildman–Crippen LogP) is 1.32. The van der Waals surface area contributed by atoms with Crippen LogP contribution in [0.1, 0.15) is 0 Å². The van der Waals surface area contributed by atoms with Crippen molar-refractivity contribution in [2.24, 2.45) is 0 Å². The highest BCUT2D eigenvalue weighted by Crippen LogP contribution is 2.18.